The Morgan fingerprint density at radius 1 is 0.982 bits per heavy atom. The largest absolute Gasteiger partial charge is 0.464 e. The van der Waals surface area contributed by atoms with Gasteiger partial charge in [0.2, 0.25) is 0 Å². The van der Waals surface area contributed by atoms with Gasteiger partial charge < -0.3 is 24.0 Å². The topological polar surface area (TPSA) is 99.0 Å². The Bertz CT molecular complexity index is 2170. The maximum atomic E-state index is 13.6. The molecule has 3 aromatic carbocycles. The summed E-state index contributed by atoms with van der Waals surface area (Å²) in [6, 6.07) is 16.2. The highest BCUT2D eigenvalue weighted by Gasteiger charge is 2.34. The number of nitrogens with zero attached hydrogens (tertiary/aromatic N) is 5. The zero-order valence-electron chi connectivity index (χ0n) is 33.8. The summed E-state index contributed by atoms with van der Waals surface area (Å²) in [5, 5.41) is 7.81. The summed E-state index contributed by atoms with van der Waals surface area (Å²) >= 11 is 7.97. The number of rotatable bonds is 10. The lowest BCUT2D eigenvalue weighted by atomic mass is 9.91. The second kappa shape index (κ2) is 16.2. The van der Waals surface area contributed by atoms with Gasteiger partial charge in [0.05, 0.1) is 40.2 Å². The van der Waals surface area contributed by atoms with Crippen molar-refractivity contribution in [2.45, 2.75) is 98.0 Å². The molecule has 5 aromatic rings. The molecule has 1 amide bonds. The number of halogens is 1. The quantitative estimate of drug-likeness (QED) is 0.129. The molecule has 2 aromatic heterocycles. The van der Waals surface area contributed by atoms with Crippen LogP contribution in [0.3, 0.4) is 0 Å². The number of fused-ring (bicyclic) bond motifs is 2. The molecule has 12 heteroatoms. The average molecular weight is 788 g/mol. The van der Waals surface area contributed by atoms with E-state index >= 15 is 0 Å². The van der Waals surface area contributed by atoms with Gasteiger partial charge >= 0.3 is 12.1 Å². The van der Waals surface area contributed by atoms with Gasteiger partial charge in [0.1, 0.15) is 10.6 Å². The summed E-state index contributed by atoms with van der Waals surface area (Å²) < 4.78 is 20.8. The van der Waals surface area contributed by atoms with Crippen LogP contribution in [0.4, 0.5) is 4.79 Å². The number of hydrogen-bond acceptors (Lipinski definition) is 9. The van der Waals surface area contributed by atoms with Gasteiger partial charge in [-0.2, -0.15) is 5.10 Å². The van der Waals surface area contributed by atoms with Crippen molar-refractivity contribution in [1.82, 2.24) is 24.6 Å². The fourth-order valence-electron chi connectivity index (χ4n) is 7.14. The molecule has 1 saturated heterocycles. The van der Waals surface area contributed by atoms with E-state index in [2.05, 4.69) is 41.9 Å². The first-order chi connectivity index (χ1) is 25.9. The second-order valence-electron chi connectivity index (χ2n) is 16.6. The lowest BCUT2D eigenvalue weighted by Gasteiger charge is -2.33. The highest BCUT2D eigenvalue weighted by Crippen LogP contribution is 2.45. The smallest absolute Gasteiger partial charge is 0.410 e. The monoisotopic (exact) mass is 787 g/mol. The van der Waals surface area contributed by atoms with Crippen LogP contribution >= 0.6 is 22.9 Å². The number of thiazole rings is 1. The lowest BCUT2D eigenvalue weighted by molar-refractivity contribution is -0.166. The van der Waals surface area contributed by atoms with Crippen molar-refractivity contribution in [3.63, 3.8) is 0 Å². The van der Waals surface area contributed by atoms with E-state index in [1.165, 1.54) is 0 Å². The molecule has 1 fully saturated rings. The molecule has 1 aliphatic rings. The van der Waals surface area contributed by atoms with E-state index in [4.69, 9.17) is 35.9 Å². The molecule has 0 aliphatic carbocycles. The Kier molecular flexibility index (Phi) is 12.0. The van der Waals surface area contributed by atoms with Crippen LogP contribution in [0, 0.1) is 6.92 Å². The third kappa shape index (κ3) is 9.34. The molecule has 10 nitrogen and oxygen atoms in total. The van der Waals surface area contributed by atoms with Gasteiger partial charge in [-0.3, -0.25) is 4.68 Å². The number of benzene rings is 3. The number of amides is 1. The van der Waals surface area contributed by atoms with Crippen molar-refractivity contribution in [3.05, 3.63) is 70.4 Å². The van der Waals surface area contributed by atoms with Crippen LogP contribution in [0.25, 0.3) is 42.8 Å². The minimum atomic E-state index is -0.950. The Hall–Kier alpha value is -4.03. The normalized spacial score (nSPS) is 14.9. The standard InChI is InChI=1S/C43H54ClN5O5S/c1-11-52-40(50)37(53-42(3,4)5)34-26(2)24-32-38(35(34)27-12-15-30(44)16-13-27)55-39(45-32)29-14-17-33-31(25-29)36(46-49(33)23-22-47(9)10)28-18-20-48(21-19-28)41(51)54-43(6,7)8/h12-17,24-25,28,37H,11,18-23H2,1-10H3/t37-/m0/s1. The molecule has 0 N–H and O–H groups in total. The first kappa shape index (κ1) is 40.6. The number of esters is 1. The first-order valence-electron chi connectivity index (χ1n) is 19.1. The predicted molar refractivity (Wildman–Crippen MR) is 222 cm³/mol. The van der Waals surface area contributed by atoms with Crippen LogP contribution < -0.4 is 0 Å². The van der Waals surface area contributed by atoms with Gasteiger partial charge in [0.25, 0.3) is 0 Å². The molecule has 0 saturated carbocycles. The molecular weight excluding hydrogens is 734 g/mol. The molecule has 3 heterocycles. The van der Waals surface area contributed by atoms with Crippen LogP contribution in [0.2, 0.25) is 5.02 Å². The maximum Gasteiger partial charge on any atom is 0.410 e. The van der Waals surface area contributed by atoms with Crippen LogP contribution in [0.15, 0.2) is 48.5 Å². The van der Waals surface area contributed by atoms with E-state index in [9.17, 15) is 9.59 Å². The highest BCUT2D eigenvalue weighted by molar-refractivity contribution is 7.22. The average Bonchev–Trinajstić information content (AvgIpc) is 3.70. The summed E-state index contributed by atoms with van der Waals surface area (Å²) in [7, 11) is 4.14. The van der Waals surface area contributed by atoms with Gasteiger partial charge in [0.15, 0.2) is 6.10 Å². The Morgan fingerprint density at radius 2 is 1.65 bits per heavy atom. The Labute approximate surface area is 333 Å². The first-order valence-corrected chi connectivity index (χ1v) is 20.3. The summed E-state index contributed by atoms with van der Waals surface area (Å²) in [5.74, 6) is -0.238. The van der Waals surface area contributed by atoms with Crippen molar-refractivity contribution in [2.75, 3.05) is 40.3 Å². The number of carbonyl (C=O) groups excluding carboxylic acids is 2. The van der Waals surface area contributed by atoms with Gasteiger partial charge in [-0.25, -0.2) is 14.6 Å². The number of aromatic nitrogens is 3. The SMILES string of the molecule is CCOC(=O)[C@@H](OC(C)(C)C)c1c(C)cc2nc(-c3ccc4c(c3)c(C3CCN(C(=O)OC(C)(C)C)CC3)nn4CCN(C)C)sc2c1-c1ccc(Cl)cc1. The van der Waals surface area contributed by atoms with Gasteiger partial charge in [-0.15, -0.1) is 11.3 Å². The number of aryl methyl sites for hydroxylation is 1. The molecule has 0 bridgehead atoms. The number of carbonyl (C=O) groups is 2. The number of ether oxygens (including phenoxy) is 3. The maximum absolute atomic E-state index is 13.6. The minimum absolute atomic E-state index is 0.191. The predicted octanol–water partition coefficient (Wildman–Crippen LogP) is 10.0. The van der Waals surface area contributed by atoms with Crippen LogP contribution in [-0.2, 0) is 25.5 Å². The molecule has 0 spiro atoms. The third-order valence-corrected chi connectivity index (χ3v) is 11.0. The number of likely N-dealkylation sites (N-methyl/N-ethyl adjacent to an activating group) is 1. The van der Waals surface area contributed by atoms with E-state index in [1.54, 1.807) is 18.3 Å². The van der Waals surface area contributed by atoms with Crippen molar-refractivity contribution < 1.29 is 23.8 Å². The number of piperidine rings is 1. The summed E-state index contributed by atoms with van der Waals surface area (Å²) in [6.07, 6.45) is 0.388. The van der Waals surface area contributed by atoms with Gasteiger partial charge in [0, 0.05) is 52.7 Å². The van der Waals surface area contributed by atoms with E-state index < -0.39 is 23.3 Å². The molecular formula is C43H54ClN5O5S. The summed E-state index contributed by atoms with van der Waals surface area (Å²) in [5.41, 5.74) is 6.23. The molecule has 55 heavy (non-hydrogen) atoms. The Morgan fingerprint density at radius 3 is 2.27 bits per heavy atom. The summed E-state index contributed by atoms with van der Waals surface area (Å²) in [6.45, 7) is 18.4. The number of hydrogen-bond donors (Lipinski definition) is 0. The van der Waals surface area contributed by atoms with Crippen molar-refractivity contribution >= 4 is 56.1 Å². The fraction of sp³-hybridized carbons (Fsp3) is 0.488. The van der Waals surface area contributed by atoms with Crippen LogP contribution in [0.5, 0.6) is 0 Å². The number of likely N-dealkylation sites (tertiary alicyclic amines) is 1. The Balaban J connectivity index is 1.46. The zero-order chi connectivity index (χ0) is 39.8. The minimum Gasteiger partial charge on any atom is -0.464 e. The fourth-order valence-corrected chi connectivity index (χ4v) is 8.39. The lowest BCUT2D eigenvalue weighted by Crippen LogP contribution is -2.41. The third-order valence-electron chi connectivity index (χ3n) is 9.61. The van der Waals surface area contributed by atoms with E-state index in [0.29, 0.717) is 18.1 Å². The van der Waals surface area contributed by atoms with E-state index in [-0.39, 0.29) is 18.6 Å². The molecule has 294 valence electrons. The molecule has 0 radical (unpaired) electrons. The van der Waals surface area contributed by atoms with Gasteiger partial charge in [-0.05, 0) is 130 Å². The van der Waals surface area contributed by atoms with E-state index in [0.717, 1.165) is 85.6 Å². The molecule has 1 atom stereocenters. The molecule has 6 rings (SSSR count). The van der Waals surface area contributed by atoms with Crippen LogP contribution in [-0.4, -0.2) is 88.2 Å². The van der Waals surface area contributed by atoms with E-state index in [1.807, 2.05) is 83.7 Å². The van der Waals surface area contributed by atoms with Crippen molar-refractivity contribution in [1.29, 1.82) is 0 Å². The van der Waals surface area contributed by atoms with Crippen molar-refractivity contribution in [3.8, 4) is 21.7 Å². The van der Waals surface area contributed by atoms with Gasteiger partial charge in [-0.1, -0.05) is 23.7 Å². The summed E-state index contributed by atoms with van der Waals surface area (Å²) in [4.78, 5) is 35.7. The molecule has 1 aliphatic heterocycles. The van der Waals surface area contributed by atoms with Crippen molar-refractivity contribution in [2.24, 2.45) is 0 Å². The zero-order valence-corrected chi connectivity index (χ0v) is 35.4. The highest BCUT2D eigenvalue weighted by atomic mass is 35.5. The molecule has 0 unspecified atom stereocenters. The second-order valence-corrected chi connectivity index (χ2v) is 18.0. The van der Waals surface area contributed by atoms with Crippen LogP contribution in [0.1, 0.15) is 90.2 Å².